The lowest BCUT2D eigenvalue weighted by Gasteiger charge is -2.19. The smallest absolute Gasteiger partial charge is 0.416 e. The molecule has 2 N–H and O–H groups in total. The molecular weight excluding hydrogens is 465 g/mol. The summed E-state index contributed by atoms with van der Waals surface area (Å²) in [5.74, 6) is 0.207. The number of anilines is 2. The fourth-order valence-corrected chi connectivity index (χ4v) is 3.15. The molecule has 0 radical (unpaired) electrons. The number of ether oxygens (including phenoxy) is 3. The van der Waals surface area contributed by atoms with Crippen molar-refractivity contribution in [3.8, 4) is 23.1 Å². The molecule has 1 amide bonds. The van der Waals surface area contributed by atoms with Crippen molar-refractivity contribution in [3.63, 3.8) is 0 Å². The topological polar surface area (TPSA) is 94.6 Å². The number of hydrogen-bond acceptors (Lipinski definition) is 7. The van der Waals surface area contributed by atoms with Crippen LogP contribution in [0.2, 0.25) is 5.02 Å². The van der Waals surface area contributed by atoms with Gasteiger partial charge in [0.25, 0.3) is 11.8 Å². The van der Waals surface area contributed by atoms with E-state index in [9.17, 15) is 18.0 Å². The molecule has 0 saturated heterocycles. The molecule has 0 bridgehead atoms. The number of benzene rings is 2. The predicted molar refractivity (Wildman–Crippen MR) is 113 cm³/mol. The number of amides is 1. The molecule has 2 aromatic carbocycles. The second kappa shape index (κ2) is 9.02. The van der Waals surface area contributed by atoms with Gasteiger partial charge in [0.1, 0.15) is 24.4 Å². The van der Waals surface area contributed by atoms with Crippen LogP contribution in [0.1, 0.15) is 15.9 Å². The van der Waals surface area contributed by atoms with Gasteiger partial charge in [0, 0.05) is 17.3 Å². The van der Waals surface area contributed by atoms with E-state index in [1.807, 2.05) is 0 Å². The zero-order valence-electron chi connectivity index (χ0n) is 17.0. The number of methoxy groups -OCH3 is 1. The molecule has 0 aliphatic carbocycles. The molecule has 33 heavy (non-hydrogen) atoms. The predicted octanol–water partition coefficient (Wildman–Crippen LogP) is 5.01. The first-order chi connectivity index (χ1) is 15.7. The van der Waals surface area contributed by atoms with E-state index in [2.05, 4.69) is 20.6 Å². The maximum atomic E-state index is 13.1. The number of nitrogens with zero attached hydrogens (tertiary/aromatic N) is 2. The Labute approximate surface area is 190 Å². The van der Waals surface area contributed by atoms with Crippen LogP contribution in [0, 0.1) is 0 Å². The molecule has 0 unspecified atom stereocenters. The van der Waals surface area contributed by atoms with Gasteiger partial charge in [-0.1, -0.05) is 11.6 Å². The molecule has 0 fully saturated rings. The van der Waals surface area contributed by atoms with Crippen molar-refractivity contribution in [2.24, 2.45) is 0 Å². The Kier molecular flexibility index (Phi) is 6.14. The van der Waals surface area contributed by atoms with Gasteiger partial charge in [0.05, 0.1) is 24.2 Å². The number of carbonyl (C=O) groups is 1. The number of fused-ring (bicyclic) bond motifs is 1. The Morgan fingerprint density at radius 2 is 2.03 bits per heavy atom. The van der Waals surface area contributed by atoms with Crippen LogP contribution in [0.3, 0.4) is 0 Å². The summed E-state index contributed by atoms with van der Waals surface area (Å²) in [5.41, 5.74) is -0.958. The highest BCUT2D eigenvalue weighted by Crippen LogP contribution is 2.39. The van der Waals surface area contributed by atoms with E-state index in [4.69, 9.17) is 25.8 Å². The zero-order chi connectivity index (χ0) is 23.6. The van der Waals surface area contributed by atoms with Crippen LogP contribution in [0.25, 0.3) is 0 Å². The minimum atomic E-state index is -4.61. The maximum absolute atomic E-state index is 13.1. The highest BCUT2D eigenvalue weighted by atomic mass is 35.5. The Bertz CT molecular complexity index is 1210. The number of alkyl halides is 3. The third kappa shape index (κ3) is 5.03. The summed E-state index contributed by atoms with van der Waals surface area (Å²) in [6.07, 6.45) is -3.33. The first-order valence-electron chi connectivity index (χ1n) is 9.51. The third-order valence-corrected chi connectivity index (χ3v) is 4.85. The van der Waals surface area contributed by atoms with Crippen molar-refractivity contribution in [1.29, 1.82) is 0 Å². The molecule has 3 aromatic rings. The Hall–Kier alpha value is -3.73. The second-order valence-corrected chi connectivity index (χ2v) is 7.19. The van der Waals surface area contributed by atoms with Crippen LogP contribution in [-0.2, 0) is 6.18 Å². The largest absolute Gasteiger partial charge is 0.497 e. The number of rotatable bonds is 5. The molecule has 8 nitrogen and oxygen atoms in total. The van der Waals surface area contributed by atoms with Gasteiger partial charge in [-0.2, -0.15) is 18.2 Å². The molecule has 1 aromatic heterocycles. The Morgan fingerprint density at radius 1 is 1.21 bits per heavy atom. The van der Waals surface area contributed by atoms with Gasteiger partial charge in [-0.25, -0.2) is 4.98 Å². The molecular formula is C21H16ClF3N4O4. The van der Waals surface area contributed by atoms with Crippen LogP contribution < -0.4 is 24.8 Å². The summed E-state index contributed by atoms with van der Waals surface area (Å²) in [4.78, 5) is 20.8. The normalized spacial score (nSPS) is 12.8. The second-order valence-electron chi connectivity index (χ2n) is 6.78. The van der Waals surface area contributed by atoms with Gasteiger partial charge in [0.15, 0.2) is 5.82 Å². The van der Waals surface area contributed by atoms with E-state index in [0.29, 0.717) is 24.7 Å². The summed E-state index contributed by atoms with van der Waals surface area (Å²) in [6.45, 7) is 0.952. The lowest BCUT2D eigenvalue weighted by atomic mass is 10.1. The monoisotopic (exact) mass is 480 g/mol. The van der Waals surface area contributed by atoms with Crippen LogP contribution in [0.4, 0.5) is 24.7 Å². The highest BCUT2D eigenvalue weighted by Gasteiger charge is 2.31. The molecule has 1 aliphatic heterocycles. The highest BCUT2D eigenvalue weighted by molar-refractivity contribution is 6.32. The molecule has 0 atom stereocenters. The molecule has 0 spiro atoms. The third-order valence-electron chi connectivity index (χ3n) is 4.54. The van der Waals surface area contributed by atoms with Gasteiger partial charge in [-0.05, 0) is 30.3 Å². The van der Waals surface area contributed by atoms with Gasteiger partial charge in [-0.15, -0.1) is 0 Å². The van der Waals surface area contributed by atoms with E-state index < -0.39 is 17.6 Å². The lowest BCUT2D eigenvalue weighted by Crippen LogP contribution is -2.19. The fraction of sp³-hybridized carbons (Fsp3) is 0.190. The van der Waals surface area contributed by atoms with Gasteiger partial charge in [-0.3, -0.25) is 4.79 Å². The van der Waals surface area contributed by atoms with E-state index in [1.165, 1.54) is 37.7 Å². The molecule has 12 heteroatoms. The fourth-order valence-electron chi connectivity index (χ4n) is 2.99. The number of nitrogens with one attached hydrogen (secondary N) is 2. The minimum absolute atomic E-state index is 0.0533. The zero-order valence-corrected chi connectivity index (χ0v) is 17.8. The van der Waals surface area contributed by atoms with E-state index >= 15 is 0 Å². The molecule has 0 saturated carbocycles. The number of halogens is 4. The minimum Gasteiger partial charge on any atom is -0.497 e. The van der Waals surface area contributed by atoms with Crippen molar-refractivity contribution < 1.29 is 32.2 Å². The molecule has 1 aliphatic rings. The first kappa shape index (κ1) is 22.5. The van der Waals surface area contributed by atoms with Crippen LogP contribution in [-0.4, -0.2) is 36.1 Å². The van der Waals surface area contributed by atoms with Crippen molar-refractivity contribution in [3.05, 3.63) is 58.9 Å². The summed E-state index contributed by atoms with van der Waals surface area (Å²) in [6, 6.07) is 7.09. The standard InChI is InChI=1S/C21H16ClF3N4O4/c1-31-14-8-12(21(23,24)25)7-13(9-14)29-19(30)11-2-3-15(22)16(6-11)33-20-17-18(27-10-28-20)26-4-5-32-17/h2-3,6-10H,4-5H2,1H3,(H,29,30)(H,26,27,28). The van der Waals surface area contributed by atoms with Crippen LogP contribution in [0.15, 0.2) is 42.7 Å². The Morgan fingerprint density at radius 3 is 2.79 bits per heavy atom. The van der Waals surface area contributed by atoms with E-state index in [-0.39, 0.29) is 33.7 Å². The average Bonchev–Trinajstić information content (AvgIpc) is 2.80. The van der Waals surface area contributed by atoms with Crippen molar-refractivity contribution >= 4 is 29.0 Å². The van der Waals surface area contributed by atoms with Crippen molar-refractivity contribution in [2.75, 3.05) is 30.9 Å². The number of hydrogen-bond donors (Lipinski definition) is 2. The quantitative estimate of drug-likeness (QED) is 0.530. The van der Waals surface area contributed by atoms with E-state index in [1.54, 1.807) is 0 Å². The SMILES string of the molecule is COc1cc(NC(=O)c2ccc(Cl)c(Oc3ncnc4c3OCCN4)c2)cc(C(F)(F)F)c1. The number of carbonyl (C=O) groups excluding carboxylic acids is 1. The Balaban J connectivity index is 1.59. The molecule has 172 valence electrons. The van der Waals surface area contributed by atoms with Crippen molar-refractivity contribution in [1.82, 2.24) is 9.97 Å². The van der Waals surface area contributed by atoms with Crippen molar-refractivity contribution in [2.45, 2.75) is 6.18 Å². The van der Waals surface area contributed by atoms with Gasteiger partial charge < -0.3 is 24.8 Å². The maximum Gasteiger partial charge on any atom is 0.416 e. The van der Waals surface area contributed by atoms with Crippen LogP contribution >= 0.6 is 11.6 Å². The average molecular weight is 481 g/mol. The van der Waals surface area contributed by atoms with Crippen LogP contribution in [0.5, 0.6) is 23.1 Å². The summed E-state index contributed by atoms with van der Waals surface area (Å²) in [7, 11) is 1.23. The lowest BCUT2D eigenvalue weighted by molar-refractivity contribution is -0.137. The van der Waals surface area contributed by atoms with Gasteiger partial charge in [0.2, 0.25) is 5.75 Å². The first-order valence-corrected chi connectivity index (χ1v) is 9.89. The number of aromatic nitrogens is 2. The summed E-state index contributed by atoms with van der Waals surface area (Å²) in [5, 5.41) is 5.65. The summed E-state index contributed by atoms with van der Waals surface area (Å²) < 4.78 is 55.6. The molecule has 4 rings (SSSR count). The summed E-state index contributed by atoms with van der Waals surface area (Å²) >= 11 is 6.21. The molecule has 2 heterocycles. The van der Waals surface area contributed by atoms with E-state index in [0.717, 1.165) is 12.1 Å². The van der Waals surface area contributed by atoms with Gasteiger partial charge >= 0.3 is 6.18 Å².